The van der Waals surface area contributed by atoms with Gasteiger partial charge in [-0.1, -0.05) is 0 Å². The van der Waals surface area contributed by atoms with Gasteiger partial charge in [0.15, 0.2) is 0 Å². The summed E-state index contributed by atoms with van der Waals surface area (Å²) in [6, 6.07) is 1.62. The van der Waals surface area contributed by atoms with Crippen LogP contribution in [0.5, 0.6) is 0 Å². The number of hydrogen-bond donors (Lipinski definition) is 0. The molecular weight excluding hydrogens is 413 g/mol. The lowest BCUT2D eigenvalue weighted by molar-refractivity contribution is -0.126. The van der Waals surface area contributed by atoms with Crippen molar-refractivity contribution >= 4 is 27.4 Å². The highest BCUT2D eigenvalue weighted by Gasteiger charge is 2.38. The fourth-order valence-corrected chi connectivity index (χ4v) is 5.82. The molecule has 0 saturated carbocycles. The monoisotopic (exact) mass is 436 g/mol. The molecule has 2 aliphatic rings. The summed E-state index contributed by atoms with van der Waals surface area (Å²) in [5.41, 5.74) is 1.22. The first-order valence-electron chi connectivity index (χ1n) is 10.1. The molecule has 0 amide bonds. The van der Waals surface area contributed by atoms with E-state index in [9.17, 15) is 13.2 Å². The van der Waals surface area contributed by atoms with E-state index in [-0.39, 0.29) is 0 Å². The molecule has 0 N–H and O–H groups in total. The largest absolute Gasteiger partial charge is 0.393 e. The van der Waals surface area contributed by atoms with Gasteiger partial charge in [-0.05, 0) is 30.9 Å². The van der Waals surface area contributed by atoms with Crippen molar-refractivity contribution in [2.75, 3.05) is 31.1 Å². The highest BCUT2D eigenvalue weighted by molar-refractivity contribution is 7.18. The van der Waals surface area contributed by atoms with Gasteiger partial charge in [0.1, 0.15) is 17.0 Å². The van der Waals surface area contributed by atoms with Crippen molar-refractivity contribution in [1.29, 1.82) is 0 Å². The van der Waals surface area contributed by atoms with E-state index in [1.54, 1.807) is 6.07 Å². The Kier molecular flexibility index (Phi) is 4.93. The molecule has 0 aromatic carbocycles. The molecule has 2 atom stereocenters. The van der Waals surface area contributed by atoms with Crippen LogP contribution in [0.15, 0.2) is 24.8 Å². The normalized spacial score (nSPS) is 22.7. The molecule has 160 valence electrons. The van der Waals surface area contributed by atoms with Gasteiger partial charge in [-0.15, -0.1) is 11.3 Å². The standard InChI is InChI=1S/C20H23F3N6S/c1-27-7-13(6-26-27)8-28-3-2-14-10-29(11-15(14)9-28)18-17-4-16(5-20(21,22)23)30-19(17)25-12-24-18/h4,6-7,12,14-15H,2-3,5,8-11H2,1H3/t14-,15+/m1/s1. The predicted octanol–water partition coefficient (Wildman–Crippen LogP) is 3.49. The minimum Gasteiger partial charge on any atom is -0.355 e. The fraction of sp³-hybridized carbons (Fsp3) is 0.550. The Bertz CT molecular complexity index is 1040. The van der Waals surface area contributed by atoms with E-state index in [2.05, 4.69) is 31.1 Å². The molecule has 2 fully saturated rings. The molecule has 0 bridgehead atoms. The van der Waals surface area contributed by atoms with Crippen LogP contribution in [0.3, 0.4) is 0 Å². The zero-order chi connectivity index (χ0) is 20.9. The Morgan fingerprint density at radius 2 is 2.00 bits per heavy atom. The van der Waals surface area contributed by atoms with Gasteiger partial charge in [0.2, 0.25) is 0 Å². The van der Waals surface area contributed by atoms with Gasteiger partial charge in [0.05, 0.1) is 18.0 Å². The lowest BCUT2D eigenvalue weighted by Crippen LogP contribution is -2.39. The summed E-state index contributed by atoms with van der Waals surface area (Å²) in [7, 11) is 1.93. The molecule has 2 saturated heterocycles. The average Bonchev–Trinajstić information content (AvgIpc) is 3.37. The summed E-state index contributed by atoms with van der Waals surface area (Å²) >= 11 is 1.11. The predicted molar refractivity (Wildman–Crippen MR) is 109 cm³/mol. The van der Waals surface area contributed by atoms with Crippen LogP contribution >= 0.6 is 11.3 Å². The van der Waals surface area contributed by atoms with Gasteiger partial charge in [-0.2, -0.15) is 18.3 Å². The molecular formula is C20H23F3N6S. The van der Waals surface area contributed by atoms with Crippen LogP contribution in [0, 0.1) is 11.8 Å². The number of rotatable bonds is 4. The number of hydrogen-bond acceptors (Lipinski definition) is 6. The zero-order valence-electron chi connectivity index (χ0n) is 16.6. The van der Waals surface area contributed by atoms with Gasteiger partial charge >= 0.3 is 6.18 Å². The number of fused-ring (bicyclic) bond motifs is 2. The molecule has 0 aliphatic carbocycles. The summed E-state index contributed by atoms with van der Waals surface area (Å²) < 4.78 is 40.3. The maximum absolute atomic E-state index is 12.8. The minimum atomic E-state index is -4.21. The molecule has 0 radical (unpaired) electrons. The number of piperidine rings is 1. The molecule has 3 aromatic heterocycles. The van der Waals surface area contributed by atoms with Crippen molar-refractivity contribution in [3.8, 4) is 0 Å². The summed E-state index contributed by atoms with van der Waals surface area (Å²) in [5.74, 6) is 1.90. The Hall–Kier alpha value is -2.20. The summed E-state index contributed by atoms with van der Waals surface area (Å²) in [4.78, 5) is 14.3. The van der Waals surface area contributed by atoms with Gasteiger partial charge in [-0.25, -0.2) is 9.97 Å². The van der Waals surface area contributed by atoms with Crippen LogP contribution in [0.25, 0.3) is 10.2 Å². The second kappa shape index (κ2) is 7.49. The van der Waals surface area contributed by atoms with Crippen LogP contribution in [0.1, 0.15) is 16.9 Å². The molecule has 5 heterocycles. The van der Waals surface area contributed by atoms with Crippen LogP contribution in [0.2, 0.25) is 0 Å². The second-order valence-corrected chi connectivity index (χ2v) is 9.51. The number of alkyl halides is 3. The molecule has 5 rings (SSSR count). The summed E-state index contributed by atoms with van der Waals surface area (Å²) in [6.07, 6.45) is 1.44. The molecule has 2 aliphatic heterocycles. The Labute approximate surface area is 176 Å². The number of thiophene rings is 1. The number of nitrogens with zero attached hydrogens (tertiary/aromatic N) is 6. The highest BCUT2D eigenvalue weighted by atomic mass is 32.1. The zero-order valence-corrected chi connectivity index (χ0v) is 17.5. The van der Waals surface area contributed by atoms with E-state index in [0.717, 1.165) is 61.7 Å². The topological polar surface area (TPSA) is 50.1 Å². The summed E-state index contributed by atoms with van der Waals surface area (Å²) in [5, 5.41) is 4.99. The lowest BCUT2D eigenvalue weighted by atomic mass is 9.88. The van der Waals surface area contributed by atoms with Crippen molar-refractivity contribution in [3.05, 3.63) is 35.2 Å². The number of halogens is 3. The first kappa shape index (κ1) is 19.7. The first-order chi connectivity index (χ1) is 14.3. The van der Waals surface area contributed by atoms with Gasteiger partial charge in [0, 0.05) is 49.9 Å². The Morgan fingerprint density at radius 3 is 2.77 bits per heavy atom. The average molecular weight is 437 g/mol. The number of likely N-dealkylation sites (tertiary alicyclic amines) is 1. The van der Waals surface area contributed by atoms with Crippen LogP contribution < -0.4 is 4.90 Å². The SMILES string of the molecule is Cn1cc(CN2CC[C@@H]3CN(c4ncnc5sc(CC(F)(F)F)cc45)C[C@@H]3C2)cn1. The van der Waals surface area contributed by atoms with Crippen LogP contribution in [-0.4, -0.2) is 57.0 Å². The quantitative estimate of drug-likeness (QED) is 0.627. The third-order valence-corrected chi connectivity index (χ3v) is 7.13. The van der Waals surface area contributed by atoms with E-state index in [1.165, 1.54) is 11.9 Å². The van der Waals surface area contributed by atoms with Gasteiger partial charge in [0.25, 0.3) is 0 Å². The first-order valence-corrected chi connectivity index (χ1v) is 10.9. The molecule has 0 unspecified atom stereocenters. The summed E-state index contributed by atoms with van der Waals surface area (Å²) in [6.45, 7) is 4.76. The van der Waals surface area contributed by atoms with Gasteiger partial charge < -0.3 is 4.90 Å². The number of aromatic nitrogens is 4. The Morgan fingerprint density at radius 1 is 1.17 bits per heavy atom. The van der Waals surface area contributed by atoms with E-state index < -0.39 is 12.6 Å². The van der Waals surface area contributed by atoms with E-state index in [1.807, 2.05) is 17.9 Å². The van der Waals surface area contributed by atoms with E-state index in [0.29, 0.717) is 21.5 Å². The maximum atomic E-state index is 12.8. The van der Waals surface area contributed by atoms with Crippen molar-refractivity contribution in [2.45, 2.75) is 25.6 Å². The lowest BCUT2D eigenvalue weighted by Gasteiger charge is -2.33. The van der Waals surface area contributed by atoms with Crippen LogP contribution in [0.4, 0.5) is 19.0 Å². The maximum Gasteiger partial charge on any atom is 0.393 e. The van der Waals surface area contributed by atoms with Crippen molar-refractivity contribution in [2.24, 2.45) is 18.9 Å². The van der Waals surface area contributed by atoms with Crippen molar-refractivity contribution < 1.29 is 13.2 Å². The highest BCUT2D eigenvalue weighted by Crippen LogP contribution is 2.38. The molecule has 3 aromatic rings. The molecule has 6 nitrogen and oxygen atoms in total. The van der Waals surface area contributed by atoms with Gasteiger partial charge in [-0.3, -0.25) is 9.58 Å². The number of aryl methyl sites for hydroxylation is 1. The third-order valence-electron chi connectivity index (χ3n) is 6.08. The second-order valence-electron chi connectivity index (χ2n) is 8.39. The fourth-order valence-electron chi connectivity index (χ4n) is 4.80. The molecule has 10 heteroatoms. The smallest absolute Gasteiger partial charge is 0.355 e. The van der Waals surface area contributed by atoms with Crippen molar-refractivity contribution in [1.82, 2.24) is 24.6 Å². The minimum absolute atomic E-state index is 0.290. The molecule has 0 spiro atoms. The van der Waals surface area contributed by atoms with E-state index in [4.69, 9.17) is 0 Å². The van der Waals surface area contributed by atoms with Crippen LogP contribution in [-0.2, 0) is 20.0 Å². The Balaban J connectivity index is 1.31. The van der Waals surface area contributed by atoms with Crippen molar-refractivity contribution in [3.63, 3.8) is 0 Å². The molecule has 30 heavy (non-hydrogen) atoms. The van der Waals surface area contributed by atoms with E-state index >= 15 is 0 Å². The third kappa shape index (κ3) is 4.02. The number of anilines is 1.